The molecule has 0 amide bonds. The molecule has 2 fully saturated rings. The molecule has 1 aromatic carbocycles. The van der Waals surface area contributed by atoms with Crippen LogP contribution in [0.5, 0.6) is 5.75 Å². The summed E-state index contributed by atoms with van der Waals surface area (Å²) in [5.74, 6) is 1.60. The standard InChI is InChI=1S/C18H21NO2/c1-11-8-17(20-3)14-9-13(4-5-16(14)19-11)18-6-7-21-12(2)15(18)10-18/h4-5,8-9,12,15H,6-7,10H2,1-3H3. The summed E-state index contributed by atoms with van der Waals surface area (Å²) < 4.78 is 11.3. The summed E-state index contributed by atoms with van der Waals surface area (Å²) in [7, 11) is 1.73. The average Bonchev–Trinajstić information content (AvgIpc) is 3.23. The lowest BCUT2D eigenvalue weighted by Gasteiger charge is -2.27. The first kappa shape index (κ1) is 13.1. The fourth-order valence-corrected chi connectivity index (χ4v) is 4.05. The Morgan fingerprint density at radius 2 is 2.19 bits per heavy atom. The first-order chi connectivity index (χ1) is 10.1. The number of hydrogen-bond acceptors (Lipinski definition) is 3. The van der Waals surface area contributed by atoms with Crippen molar-refractivity contribution in [3.63, 3.8) is 0 Å². The molecule has 2 aromatic rings. The average molecular weight is 283 g/mol. The van der Waals surface area contributed by atoms with Gasteiger partial charge in [0.1, 0.15) is 5.75 Å². The lowest BCUT2D eigenvalue weighted by molar-refractivity contribution is 0.0125. The summed E-state index contributed by atoms with van der Waals surface area (Å²) in [5, 5.41) is 1.12. The molecule has 1 aliphatic heterocycles. The monoisotopic (exact) mass is 283 g/mol. The second kappa shape index (κ2) is 4.44. The quantitative estimate of drug-likeness (QED) is 0.843. The summed E-state index contributed by atoms with van der Waals surface area (Å²) in [5.41, 5.74) is 3.78. The molecule has 3 atom stereocenters. The maximum Gasteiger partial charge on any atom is 0.130 e. The molecule has 4 rings (SSSR count). The molecule has 110 valence electrons. The Bertz CT molecular complexity index is 712. The number of benzene rings is 1. The maximum absolute atomic E-state index is 5.79. The summed E-state index contributed by atoms with van der Waals surface area (Å²) in [4.78, 5) is 4.62. The Morgan fingerprint density at radius 3 is 3.00 bits per heavy atom. The van der Waals surface area contributed by atoms with E-state index < -0.39 is 0 Å². The fourth-order valence-electron chi connectivity index (χ4n) is 4.05. The molecule has 1 saturated heterocycles. The number of nitrogens with zero attached hydrogens (tertiary/aromatic N) is 1. The van der Waals surface area contributed by atoms with E-state index in [4.69, 9.17) is 9.47 Å². The highest BCUT2D eigenvalue weighted by Gasteiger charge is 2.59. The number of hydrogen-bond donors (Lipinski definition) is 0. The molecule has 3 nitrogen and oxygen atoms in total. The molecule has 0 bridgehead atoms. The van der Waals surface area contributed by atoms with Crippen LogP contribution in [0.3, 0.4) is 0 Å². The van der Waals surface area contributed by atoms with E-state index in [-0.39, 0.29) is 0 Å². The van der Waals surface area contributed by atoms with Crippen molar-refractivity contribution in [3.05, 3.63) is 35.5 Å². The Kier molecular flexibility index (Phi) is 2.77. The Hall–Kier alpha value is -1.61. The van der Waals surface area contributed by atoms with Crippen LogP contribution in [0.15, 0.2) is 24.3 Å². The van der Waals surface area contributed by atoms with Crippen LogP contribution < -0.4 is 4.74 Å². The number of rotatable bonds is 2. The molecule has 2 aliphatic rings. The molecule has 0 N–H and O–H groups in total. The number of ether oxygens (including phenoxy) is 2. The van der Waals surface area contributed by atoms with E-state index in [9.17, 15) is 0 Å². The van der Waals surface area contributed by atoms with Gasteiger partial charge in [-0.15, -0.1) is 0 Å². The normalized spacial score (nSPS) is 31.0. The first-order valence-corrected chi connectivity index (χ1v) is 7.71. The molecule has 3 unspecified atom stereocenters. The van der Waals surface area contributed by atoms with Gasteiger partial charge in [0.15, 0.2) is 0 Å². The predicted octanol–water partition coefficient (Wildman–Crippen LogP) is 3.62. The summed E-state index contributed by atoms with van der Waals surface area (Å²) in [6, 6.07) is 8.70. The van der Waals surface area contributed by atoms with Gasteiger partial charge in [-0.2, -0.15) is 0 Å². The lowest BCUT2D eigenvalue weighted by atomic mass is 9.86. The third-order valence-electron chi connectivity index (χ3n) is 5.32. The third-order valence-corrected chi connectivity index (χ3v) is 5.32. The van der Waals surface area contributed by atoms with Crippen LogP contribution >= 0.6 is 0 Å². The Balaban J connectivity index is 1.83. The minimum absolute atomic E-state index is 0.335. The van der Waals surface area contributed by atoms with Crippen LogP contribution in [0.1, 0.15) is 31.0 Å². The minimum Gasteiger partial charge on any atom is -0.496 e. The van der Waals surface area contributed by atoms with Crippen LogP contribution in [-0.4, -0.2) is 24.8 Å². The van der Waals surface area contributed by atoms with Gasteiger partial charge in [0.25, 0.3) is 0 Å². The third kappa shape index (κ3) is 1.87. The molecular weight excluding hydrogens is 262 g/mol. The van der Waals surface area contributed by atoms with Gasteiger partial charge in [-0.25, -0.2) is 0 Å². The second-order valence-corrected chi connectivity index (χ2v) is 6.49. The highest BCUT2D eigenvalue weighted by Crippen LogP contribution is 2.61. The van der Waals surface area contributed by atoms with Crippen LogP contribution in [0.4, 0.5) is 0 Å². The van der Waals surface area contributed by atoms with Gasteiger partial charge in [0.05, 0.1) is 18.7 Å². The van der Waals surface area contributed by atoms with Crippen molar-refractivity contribution in [3.8, 4) is 5.75 Å². The topological polar surface area (TPSA) is 31.4 Å². The van der Waals surface area contributed by atoms with Gasteiger partial charge in [-0.3, -0.25) is 4.98 Å². The van der Waals surface area contributed by atoms with Gasteiger partial charge in [0, 0.05) is 29.2 Å². The van der Waals surface area contributed by atoms with Crippen molar-refractivity contribution >= 4 is 10.9 Å². The Labute approximate surface area is 125 Å². The molecular formula is C18H21NO2. The zero-order valence-corrected chi connectivity index (χ0v) is 12.8. The first-order valence-electron chi connectivity index (χ1n) is 7.71. The predicted molar refractivity (Wildman–Crippen MR) is 82.8 cm³/mol. The molecule has 2 heterocycles. The maximum atomic E-state index is 5.79. The zero-order chi connectivity index (χ0) is 14.6. The van der Waals surface area contributed by atoms with Gasteiger partial charge < -0.3 is 9.47 Å². The van der Waals surface area contributed by atoms with Crippen molar-refractivity contribution in [2.24, 2.45) is 5.92 Å². The second-order valence-electron chi connectivity index (χ2n) is 6.49. The SMILES string of the molecule is COc1cc(C)nc2ccc(C34CCOC(C)C3C4)cc12. The molecule has 21 heavy (non-hydrogen) atoms. The van der Waals surface area contributed by atoms with Gasteiger partial charge in [0.2, 0.25) is 0 Å². The van der Waals surface area contributed by atoms with E-state index in [2.05, 4.69) is 30.1 Å². The van der Waals surface area contributed by atoms with Crippen molar-refractivity contribution in [1.82, 2.24) is 4.98 Å². The number of aryl methyl sites for hydroxylation is 1. The van der Waals surface area contributed by atoms with Gasteiger partial charge in [-0.05, 0) is 50.3 Å². The lowest BCUT2D eigenvalue weighted by Crippen LogP contribution is -2.27. The smallest absolute Gasteiger partial charge is 0.130 e. The summed E-state index contributed by atoms with van der Waals surface area (Å²) in [6.45, 7) is 5.09. The van der Waals surface area contributed by atoms with E-state index in [1.165, 1.54) is 12.0 Å². The van der Waals surface area contributed by atoms with E-state index in [0.29, 0.717) is 17.4 Å². The van der Waals surface area contributed by atoms with Crippen molar-refractivity contribution < 1.29 is 9.47 Å². The van der Waals surface area contributed by atoms with E-state index in [1.54, 1.807) is 7.11 Å². The number of aromatic nitrogens is 1. The molecule has 1 aliphatic carbocycles. The molecule has 1 saturated carbocycles. The van der Waals surface area contributed by atoms with E-state index >= 15 is 0 Å². The summed E-state index contributed by atoms with van der Waals surface area (Å²) >= 11 is 0. The zero-order valence-electron chi connectivity index (χ0n) is 12.8. The number of pyridine rings is 1. The van der Waals surface area contributed by atoms with E-state index in [1.807, 2.05) is 13.0 Å². The number of fused-ring (bicyclic) bond motifs is 2. The summed E-state index contributed by atoms with van der Waals surface area (Å²) in [6.07, 6.45) is 2.77. The molecule has 0 radical (unpaired) electrons. The van der Waals surface area contributed by atoms with Crippen LogP contribution in [-0.2, 0) is 10.2 Å². The molecule has 3 heteroatoms. The largest absolute Gasteiger partial charge is 0.496 e. The molecule has 0 spiro atoms. The van der Waals surface area contributed by atoms with Crippen LogP contribution in [0, 0.1) is 12.8 Å². The van der Waals surface area contributed by atoms with Crippen molar-refractivity contribution in [2.75, 3.05) is 13.7 Å². The van der Waals surface area contributed by atoms with Crippen LogP contribution in [0.25, 0.3) is 10.9 Å². The Morgan fingerprint density at radius 1 is 1.33 bits per heavy atom. The van der Waals surface area contributed by atoms with Crippen molar-refractivity contribution in [1.29, 1.82) is 0 Å². The van der Waals surface area contributed by atoms with Crippen molar-refractivity contribution in [2.45, 2.75) is 38.2 Å². The van der Waals surface area contributed by atoms with E-state index in [0.717, 1.165) is 35.4 Å². The van der Waals surface area contributed by atoms with Gasteiger partial charge in [-0.1, -0.05) is 6.07 Å². The highest BCUT2D eigenvalue weighted by molar-refractivity contribution is 5.86. The fraction of sp³-hybridized carbons (Fsp3) is 0.500. The number of methoxy groups -OCH3 is 1. The van der Waals surface area contributed by atoms with Crippen LogP contribution in [0.2, 0.25) is 0 Å². The molecule has 1 aromatic heterocycles. The minimum atomic E-state index is 0.335. The van der Waals surface area contributed by atoms with Gasteiger partial charge >= 0.3 is 0 Å². The highest BCUT2D eigenvalue weighted by atomic mass is 16.5.